The molecule has 0 saturated heterocycles. The topological polar surface area (TPSA) is 37.8 Å². The first-order chi connectivity index (χ1) is 9.22. The fraction of sp³-hybridized carbons (Fsp3) is 0.286. The van der Waals surface area contributed by atoms with Crippen LogP contribution in [0.1, 0.15) is 30.8 Å². The number of benzene rings is 1. The molecule has 0 bridgehead atoms. The number of nitrogens with one attached hydrogen (secondary N) is 1. The lowest BCUT2D eigenvalue weighted by atomic mass is 10.1. The summed E-state index contributed by atoms with van der Waals surface area (Å²) in [7, 11) is 0. The second-order valence-corrected chi connectivity index (χ2v) is 4.60. The smallest absolute Gasteiger partial charge is 0.149 e. The number of hydrogen-bond acceptors (Lipinski definition) is 3. The monoisotopic (exact) mass is 279 g/mol. The summed E-state index contributed by atoms with van der Waals surface area (Å²) in [6, 6.07) is 6.02. The molecule has 1 unspecified atom stereocenters. The molecule has 0 aliphatic rings. The third kappa shape index (κ3) is 3.49. The molecule has 0 radical (unpaired) electrons. The molecule has 0 amide bonds. The minimum atomic E-state index is -0.363. The van der Waals surface area contributed by atoms with E-state index in [1.54, 1.807) is 30.6 Å². The molecule has 100 valence electrons. The molecule has 0 saturated carbocycles. The molecule has 0 aliphatic heterocycles. The van der Waals surface area contributed by atoms with Crippen LogP contribution >= 0.6 is 11.6 Å². The van der Waals surface area contributed by atoms with Gasteiger partial charge < -0.3 is 5.32 Å². The van der Waals surface area contributed by atoms with Gasteiger partial charge in [-0.15, -0.1) is 0 Å². The van der Waals surface area contributed by atoms with E-state index in [2.05, 4.69) is 15.3 Å². The molecule has 1 atom stereocenters. The van der Waals surface area contributed by atoms with Gasteiger partial charge in [0.15, 0.2) is 0 Å². The van der Waals surface area contributed by atoms with Crippen molar-refractivity contribution in [1.29, 1.82) is 0 Å². The van der Waals surface area contributed by atoms with Gasteiger partial charge in [-0.2, -0.15) is 0 Å². The molecule has 2 rings (SSSR count). The summed E-state index contributed by atoms with van der Waals surface area (Å²) in [5.41, 5.74) is 0.504. The van der Waals surface area contributed by atoms with Gasteiger partial charge in [0.05, 0.1) is 6.04 Å². The average molecular weight is 280 g/mol. The van der Waals surface area contributed by atoms with Gasteiger partial charge in [0.2, 0.25) is 0 Å². The van der Waals surface area contributed by atoms with E-state index >= 15 is 0 Å². The highest BCUT2D eigenvalue weighted by molar-refractivity contribution is 6.30. The van der Waals surface area contributed by atoms with Crippen LogP contribution in [0.3, 0.4) is 0 Å². The standard InChI is InChI=1S/C14H15ClFN3/c1-2-6-17-13(14-18-7-3-8-19-14)11-5-4-10(15)9-12(11)16/h3-5,7-9,13,17H,2,6H2,1H3. The summed E-state index contributed by atoms with van der Waals surface area (Å²) < 4.78 is 14.0. The molecule has 1 N–H and O–H groups in total. The Bertz CT molecular complexity index is 533. The van der Waals surface area contributed by atoms with Crippen molar-refractivity contribution in [2.75, 3.05) is 6.54 Å². The van der Waals surface area contributed by atoms with Crippen molar-refractivity contribution < 1.29 is 4.39 Å². The predicted molar refractivity (Wildman–Crippen MR) is 73.6 cm³/mol. The summed E-state index contributed by atoms with van der Waals surface area (Å²) in [4.78, 5) is 8.40. The lowest BCUT2D eigenvalue weighted by Gasteiger charge is -2.18. The lowest BCUT2D eigenvalue weighted by Crippen LogP contribution is -2.25. The Morgan fingerprint density at radius 1 is 1.32 bits per heavy atom. The van der Waals surface area contributed by atoms with Crippen LogP contribution in [0.25, 0.3) is 0 Å². The zero-order valence-corrected chi connectivity index (χ0v) is 11.4. The molecule has 3 nitrogen and oxygen atoms in total. The van der Waals surface area contributed by atoms with Gasteiger partial charge in [0.1, 0.15) is 11.6 Å². The van der Waals surface area contributed by atoms with E-state index in [0.29, 0.717) is 16.4 Å². The number of nitrogens with zero attached hydrogens (tertiary/aromatic N) is 2. The fourth-order valence-electron chi connectivity index (χ4n) is 1.82. The van der Waals surface area contributed by atoms with Crippen LogP contribution in [0.4, 0.5) is 4.39 Å². The Kier molecular flexibility index (Phi) is 4.82. The van der Waals surface area contributed by atoms with Crippen molar-refractivity contribution in [1.82, 2.24) is 15.3 Å². The number of halogens is 2. The molecule has 1 heterocycles. The minimum absolute atomic E-state index is 0.353. The first kappa shape index (κ1) is 13.9. The van der Waals surface area contributed by atoms with Gasteiger partial charge in [-0.05, 0) is 31.2 Å². The Morgan fingerprint density at radius 3 is 2.68 bits per heavy atom. The Labute approximate surface area is 116 Å². The Balaban J connectivity index is 2.37. The van der Waals surface area contributed by atoms with E-state index in [0.717, 1.165) is 13.0 Å². The number of rotatable bonds is 5. The Morgan fingerprint density at radius 2 is 2.05 bits per heavy atom. The van der Waals surface area contributed by atoms with Crippen LogP contribution in [0, 0.1) is 5.82 Å². The van der Waals surface area contributed by atoms with Gasteiger partial charge in [-0.1, -0.05) is 24.6 Å². The van der Waals surface area contributed by atoms with Gasteiger partial charge >= 0.3 is 0 Å². The van der Waals surface area contributed by atoms with E-state index in [4.69, 9.17) is 11.6 Å². The minimum Gasteiger partial charge on any atom is -0.304 e. The van der Waals surface area contributed by atoms with Crippen molar-refractivity contribution in [3.63, 3.8) is 0 Å². The normalized spacial score (nSPS) is 12.4. The third-order valence-corrected chi connectivity index (χ3v) is 2.95. The van der Waals surface area contributed by atoms with Crippen LogP contribution in [0.5, 0.6) is 0 Å². The van der Waals surface area contributed by atoms with E-state index in [9.17, 15) is 4.39 Å². The van der Waals surface area contributed by atoms with Crippen LogP contribution in [-0.2, 0) is 0 Å². The van der Waals surface area contributed by atoms with Crippen molar-refractivity contribution in [3.05, 3.63) is 58.9 Å². The molecule has 2 aromatic rings. The summed E-state index contributed by atoms with van der Waals surface area (Å²) >= 11 is 5.78. The fourth-order valence-corrected chi connectivity index (χ4v) is 1.98. The molecule has 0 spiro atoms. The highest BCUT2D eigenvalue weighted by Gasteiger charge is 2.19. The second kappa shape index (κ2) is 6.59. The van der Waals surface area contributed by atoms with Crippen molar-refractivity contribution in [3.8, 4) is 0 Å². The molecule has 0 fully saturated rings. The first-order valence-electron chi connectivity index (χ1n) is 6.17. The van der Waals surface area contributed by atoms with Gasteiger partial charge in [0, 0.05) is 23.0 Å². The second-order valence-electron chi connectivity index (χ2n) is 4.16. The van der Waals surface area contributed by atoms with Crippen molar-refractivity contribution in [2.45, 2.75) is 19.4 Å². The molecular formula is C14H15ClFN3. The van der Waals surface area contributed by atoms with Crippen LogP contribution in [0.2, 0.25) is 5.02 Å². The van der Waals surface area contributed by atoms with Crippen LogP contribution < -0.4 is 5.32 Å². The van der Waals surface area contributed by atoms with Crippen LogP contribution in [-0.4, -0.2) is 16.5 Å². The SMILES string of the molecule is CCCNC(c1ncccn1)c1ccc(Cl)cc1F. The average Bonchev–Trinajstić information content (AvgIpc) is 2.42. The highest BCUT2D eigenvalue weighted by Crippen LogP contribution is 2.24. The first-order valence-corrected chi connectivity index (χ1v) is 6.55. The predicted octanol–water partition coefficient (Wildman–Crippen LogP) is 3.36. The summed E-state index contributed by atoms with van der Waals surface area (Å²) in [5.74, 6) is 0.200. The van der Waals surface area contributed by atoms with Crippen molar-refractivity contribution in [2.24, 2.45) is 0 Å². The molecule has 19 heavy (non-hydrogen) atoms. The summed E-state index contributed by atoms with van der Waals surface area (Å²) in [6.07, 6.45) is 4.24. The number of hydrogen-bond donors (Lipinski definition) is 1. The summed E-state index contributed by atoms with van der Waals surface area (Å²) in [6.45, 7) is 2.80. The quantitative estimate of drug-likeness (QED) is 0.912. The zero-order chi connectivity index (χ0) is 13.7. The largest absolute Gasteiger partial charge is 0.304 e. The van der Waals surface area contributed by atoms with E-state index < -0.39 is 0 Å². The van der Waals surface area contributed by atoms with E-state index in [1.807, 2.05) is 6.92 Å². The lowest BCUT2D eigenvalue weighted by molar-refractivity contribution is 0.530. The summed E-state index contributed by atoms with van der Waals surface area (Å²) in [5, 5.41) is 3.63. The van der Waals surface area contributed by atoms with Gasteiger partial charge in [-0.3, -0.25) is 0 Å². The van der Waals surface area contributed by atoms with Crippen LogP contribution in [0.15, 0.2) is 36.7 Å². The van der Waals surface area contributed by atoms with Crippen molar-refractivity contribution >= 4 is 11.6 Å². The highest BCUT2D eigenvalue weighted by atomic mass is 35.5. The van der Waals surface area contributed by atoms with Gasteiger partial charge in [0.25, 0.3) is 0 Å². The van der Waals surface area contributed by atoms with E-state index in [1.165, 1.54) is 6.07 Å². The maximum Gasteiger partial charge on any atom is 0.149 e. The maximum atomic E-state index is 14.0. The van der Waals surface area contributed by atoms with E-state index in [-0.39, 0.29) is 11.9 Å². The molecule has 5 heteroatoms. The molecular weight excluding hydrogens is 265 g/mol. The molecule has 1 aromatic carbocycles. The third-order valence-electron chi connectivity index (χ3n) is 2.72. The maximum absolute atomic E-state index is 14.0. The Hall–Kier alpha value is -1.52. The van der Waals surface area contributed by atoms with Gasteiger partial charge in [-0.25, -0.2) is 14.4 Å². The molecule has 1 aromatic heterocycles. The zero-order valence-electron chi connectivity index (χ0n) is 10.6. The molecule has 0 aliphatic carbocycles. The number of aromatic nitrogens is 2.